The van der Waals surface area contributed by atoms with Gasteiger partial charge in [-0.1, -0.05) is 133 Å². The van der Waals surface area contributed by atoms with Crippen LogP contribution in [0.15, 0.2) is 188 Å². The molecule has 0 aliphatic carbocycles. The summed E-state index contributed by atoms with van der Waals surface area (Å²) < 4.78 is 2.33. The van der Waals surface area contributed by atoms with Crippen molar-refractivity contribution in [2.45, 2.75) is 0 Å². The summed E-state index contributed by atoms with van der Waals surface area (Å²) in [6, 6.07) is 67.9. The van der Waals surface area contributed by atoms with Crippen LogP contribution in [0.2, 0.25) is 0 Å². The largest absolute Gasteiger partial charge is 0.344 e. The number of hydrogen-bond donors (Lipinski definition) is 0. The molecule has 9 rings (SSSR count). The maximum Gasteiger partial charge on any atom is 0.0495 e. The molecule has 0 fully saturated rings. The topological polar surface area (TPSA) is 8.17 Å². The molecule has 0 saturated carbocycles. The number of benzene rings is 8. The molecule has 0 radical (unpaired) electrons. The molecule has 0 aliphatic rings. The summed E-state index contributed by atoms with van der Waals surface area (Å²) in [6.45, 7) is 0. The van der Waals surface area contributed by atoms with E-state index in [4.69, 9.17) is 0 Å². The lowest BCUT2D eigenvalue weighted by molar-refractivity contribution is 1.02. The van der Waals surface area contributed by atoms with Gasteiger partial charge in [0.15, 0.2) is 0 Å². The van der Waals surface area contributed by atoms with Crippen molar-refractivity contribution in [1.29, 1.82) is 0 Å². The third kappa shape index (κ3) is 5.15. The van der Waals surface area contributed by atoms with Gasteiger partial charge in [0.05, 0.1) is 0 Å². The molecule has 0 bridgehead atoms. The van der Waals surface area contributed by atoms with E-state index in [-0.39, 0.29) is 0 Å². The minimum absolute atomic E-state index is 1.12. The van der Waals surface area contributed by atoms with Gasteiger partial charge in [-0.3, -0.25) is 0 Å². The Hall–Kier alpha value is -6.38. The predicted molar refractivity (Wildman–Crippen MR) is 209 cm³/mol. The summed E-state index contributed by atoms with van der Waals surface area (Å²) in [6.07, 6.45) is 0. The second-order valence-electron chi connectivity index (χ2n) is 12.7. The molecule has 1 heterocycles. The molecule has 8 aromatic carbocycles. The zero-order valence-electron chi connectivity index (χ0n) is 27.3. The third-order valence-electron chi connectivity index (χ3n) is 9.80. The molecule has 9 aromatic rings. The average molecular weight is 627 g/mol. The standard InChI is InChI=1S/C47H34N2/c1-48-45-18-10-17-43(47(45)44-31-38-13-8-9-14-39(38)32-46(44)48)37-21-19-34(20-22-37)36-25-29-42(30-26-36)49(40-15-6-3-7-16-40)41-27-23-35(24-28-41)33-11-4-2-5-12-33/h2-32H,1H3. The highest BCUT2D eigenvalue weighted by molar-refractivity contribution is 6.17. The fourth-order valence-electron chi connectivity index (χ4n) is 7.28. The Bertz CT molecular complexity index is 2560. The van der Waals surface area contributed by atoms with Gasteiger partial charge in [0.2, 0.25) is 0 Å². The van der Waals surface area contributed by atoms with Crippen LogP contribution in [-0.2, 0) is 7.05 Å². The van der Waals surface area contributed by atoms with Gasteiger partial charge in [0.1, 0.15) is 0 Å². The zero-order valence-corrected chi connectivity index (χ0v) is 27.3. The summed E-state index contributed by atoms with van der Waals surface area (Å²) in [7, 11) is 2.18. The van der Waals surface area contributed by atoms with Crippen LogP contribution in [0.25, 0.3) is 66.0 Å². The number of nitrogens with zero attached hydrogens (tertiary/aromatic N) is 2. The number of aromatic nitrogens is 1. The van der Waals surface area contributed by atoms with Crippen LogP contribution in [-0.4, -0.2) is 4.57 Å². The molecule has 0 amide bonds. The highest BCUT2D eigenvalue weighted by Gasteiger charge is 2.15. The summed E-state index contributed by atoms with van der Waals surface area (Å²) in [5, 5.41) is 5.14. The normalized spacial score (nSPS) is 11.4. The maximum atomic E-state index is 2.35. The van der Waals surface area contributed by atoms with E-state index in [1.54, 1.807) is 0 Å². The minimum atomic E-state index is 1.12. The van der Waals surface area contributed by atoms with Crippen LogP contribution in [0.3, 0.4) is 0 Å². The number of anilines is 3. The number of hydrogen-bond acceptors (Lipinski definition) is 1. The second-order valence-corrected chi connectivity index (χ2v) is 12.7. The van der Waals surface area contributed by atoms with Crippen molar-refractivity contribution < 1.29 is 0 Å². The van der Waals surface area contributed by atoms with Crippen molar-refractivity contribution in [3.8, 4) is 33.4 Å². The maximum absolute atomic E-state index is 2.35. The minimum Gasteiger partial charge on any atom is -0.344 e. The van der Waals surface area contributed by atoms with Crippen molar-refractivity contribution in [3.63, 3.8) is 0 Å². The number of fused-ring (bicyclic) bond motifs is 4. The van der Waals surface area contributed by atoms with E-state index < -0.39 is 0 Å². The van der Waals surface area contributed by atoms with E-state index in [0.717, 1.165) is 17.1 Å². The molecular weight excluding hydrogens is 593 g/mol. The molecule has 1 aromatic heterocycles. The summed E-state index contributed by atoms with van der Waals surface area (Å²) in [4.78, 5) is 2.32. The molecule has 49 heavy (non-hydrogen) atoms. The van der Waals surface area contributed by atoms with Gasteiger partial charge in [-0.15, -0.1) is 0 Å². The highest BCUT2D eigenvalue weighted by Crippen LogP contribution is 2.40. The lowest BCUT2D eigenvalue weighted by atomic mass is 9.96. The van der Waals surface area contributed by atoms with Crippen LogP contribution in [0.5, 0.6) is 0 Å². The van der Waals surface area contributed by atoms with Gasteiger partial charge in [-0.2, -0.15) is 0 Å². The number of aryl methyl sites for hydroxylation is 1. The van der Waals surface area contributed by atoms with Crippen LogP contribution >= 0.6 is 0 Å². The number of para-hydroxylation sites is 1. The van der Waals surface area contributed by atoms with Gasteiger partial charge >= 0.3 is 0 Å². The lowest BCUT2D eigenvalue weighted by Gasteiger charge is -2.26. The molecule has 0 atom stereocenters. The van der Waals surface area contributed by atoms with Gasteiger partial charge in [-0.05, 0) is 98.8 Å². The fourth-order valence-corrected chi connectivity index (χ4v) is 7.28. The van der Waals surface area contributed by atoms with Crippen molar-refractivity contribution in [3.05, 3.63) is 188 Å². The monoisotopic (exact) mass is 626 g/mol. The molecule has 0 aliphatic heterocycles. The van der Waals surface area contributed by atoms with E-state index in [2.05, 4.69) is 205 Å². The van der Waals surface area contributed by atoms with Gasteiger partial charge < -0.3 is 9.47 Å². The van der Waals surface area contributed by atoms with E-state index in [1.807, 2.05) is 0 Å². The Labute approximate surface area is 286 Å². The molecule has 0 N–H and O–H groups in total. The van der Waals surface area contributed by atoms with Crippen molar-refractivity contribution in [2.24, 2.45) is 7.05 Å². The smallest absolute Gasteiger partial charge is 0.0495 e. The summed E-state index contributed by atoms with van der Waals surface area (Å²) >= 11 is 0. The van der Waals surface area contributed by atoms with Crippen LogP contribution in [0.1, 0.15) is 0 Å². The van der Waals surface area contributed by atoms with E-state index in [1.165, 1.54) is 66.0 Å². The van der Waals surface area contributed by atoms with Gasteiger partial charge in [-0.25, -0.2) is 0 Å². The Morgan fingerprint density at radius 2 is 0.837 bits per heavy atom. The molecule has 232 valence electrons. The Kier molecular flexibility index (Phi) is 7.06. The molecular formula is C47H34N2. The quantitative estimate of drug-likeness (QED) is 0.178. The zero-order chi connectivity index (χ0) is 32.7. The van der Waals surface area contributed by atoms with Crippen molar-refractivity contribution in [1.82, 2.24) is 4.57 Å². The average Bonchev–Trinajstić information content (AvgIpc) is 3.46. The first kappa shape index (κ1) is 28.8. The lowest BCUT2D eigenvalue weighted by Crippen LogP contribution is -2.09. The first-order chi connectivity index (χ1) is 24.2. The predicted octanol–water partition coefficient (Wildman–Crippen LogP) is 13.0. The molecule has 0 saturated heterocycles. The highest BCUT2D eigenvalue weighted by atomic mass is 15.1. The van der Waals surface area contributed by atoms with Crippen LogP contribution in [0.4, 0.5) is 17.1 Å². The van der Waals surface area contributed by atoms with Gasteiger partial charge in [0.25, 0.3) is 0 Å². The van der Waals surface area contributed by atoms with Crippen molar-refractivity contribution >= 4 is 49.6 Å². The molecule has 0 unspecified atom stereocenters. The fraction of sp³-hybridized carbons (Fsp3) is 0.0213. The summed E-state index contributed by atoms with van der Waals surface area (Å²) in [5.74, 6) is 0. The number of rotatable bonds is 6. The van der Waals surface area contributed by atoms with E-state index >= 15 is 0 Å². The Morgan fingerprint density at radius 1 is 0.367 bits per heavy atom. The third-order valence-corrected chi connectivity index (χ3v) is 9.80. The van der Waals surface area contributed by atoms with E-state index in [9.17, 15) is 0 Å². The second kappa shape index (κ2) is 12.0. The molecule has 0 spiro atoms. The summed E-state index contributed by atoms with van der Waals surface area (Å²) in [5.41, 5.74) is 13.2. The first-order valence-corrected chi connectivity index (χ1v) is 16.8. The first-order valence-electron chi connectivity index (χ1n) is 16.8. The SMILES string of the molecule is Cn1c2cc3ccccc3cc2c2c(-c3ccc(-c4ccc(N(c5ccccc5)c5ccc(-c6ccccc6)cc5)cc4)cc3)cccc21. The van der Waals surface area contributed by atoms with Crippen LogP contribution < -0.4 is 4.90 Å². The Morgan fingerprint density at radius 3 is 1.45 bits per heavy atom. The Balaban J connectivity index is 1.05. The molecule has 2 heteroatoms. The van der Waals surface area contributed by atoms with E-state index in [0.29, 0.717) is 0 Å². The van der Waals surface area contributed by atoms with Crippen LogP contribution in [0, 0.1) is 0 Å². The molecule has 2 nitrogen and oxygen atoms in total. The van der Waals surface area contributed by atoms with Crippen molar-refractivity contribution in [2.75, 3.05) is 4.90 Å². The van der Waals surface area contributed by atoms with Gasteiger partial charge in [0, 0.05) is 45.9 Å².